The highest BCUT2D eigenvalue weighted by Crippen LogP contribution is 2.32. The van der Waals surface area contributed by atoms with Crippen LogP contribution in [-0.2, 0) is 16.0 Å². The summed E-state index contributed by atoms with van der Waals surface area (Å²) in [4.78, 5) is 47.1. The Kier molecular flexibility index (Phi) is 12.3. The Morgan fingerprint density at radius 1 is 0.837 bits per heavy atom. The van der Waals surface area contributed by atoms with Crippen molar-refractivity contribution >= 4 is 17.7 Å². The molecular weight excluding hydrogens is 622 g/mol. The quantitative estimate of drug-likeness (QED) is 0.0907. The summed E-state index contributed by atoms with van der Waals surface area (Å²) in [5.41, 5.74) is 3.87. The molecule has 0 bridgehead atoms. The molecule has 3 aromatic carbocycles. The zero-order valence-electron chi connectivity index (χ0n) is 28.0. The Hall–Kier alpha value is -5.25. The normalized spacial score (nSPS) is 13.3. The first-order valence-corrected chi connectivity index (χ1v) is 16.9. The number of fused-ring (bicyclic) bond motifs is 1. The Balaban J connectivity index is 1.22. The summed E-state index contributed by atoms with van der Waals surface area (Å²) in [6, 6.07) is 19.3. The molecule has 256 valence electrons. The first-order chi connectivity index (χ1) is 23.8. The zero-order chi connectivity index (χ0) is 34.6. The number of ketones is 1. The molecule has 2 atom stereocenters. The maximum absolute atomic E-state index is 13.3. The van der Waals surface area contributed by atoms with Crippen LogP contribution in [0.5, 0.6) is 17.2 Å². The number of carboxylic acid groups (broad SMARTS) is 1. The van der Waals surface area contributed by atoms with E-state index in [-0.39, 0.29) is 18.6 Å². The number of aliphatic carboxylic acids is 1. The van der Waals surface area contributed by atoms with Gasteiger partial charge in [-0.2, -0.15) is 0 Å². The van der Waals surface area contributed by atoms with Crippen LogP contribution in [0.25, 0.3) is 22.5 Å². The van der Waals surface area contributed by atoms with E-state index in [4.69, 9.17) is 14.2 Å². The first kappa shape index (κ1) is 35.1. The van der Waals surface area contributed by atoms with Crippen molar-refractivity contribution in [2.75, 3.05) is 19.8 Å². The highest BCUT2D eigenvalue weighted by Gasteiger charge is 2.27. The number of unbranched alkanes of at least 4 members (excludes halogenated alkanes) is 4. The maximum Gasteiger partial charge on any atom is 0.325 e. The summed E-state index contributed by atoms with van der Waals surface area (Å²) < 4.78 is 17.0. The second-order valence-corrected chi connectivity index (χ2v) is 12.2. The lowest BCUT2D eigenvalue weighted by molar-refractivity contribution is -0.141. The van der Waals surface area contributed by atoms with E-state index in [2.05, 4.69) is 22.2 Å². The third kappa shape index (κ3) is 9.88. The van der Waals surface area contributed by atoms with Gasteiger partial charge in [0, 0.05) is 41.4 Å². The fourth-order valence-electron chi connectivity index (χ4n) is 5.55. The molecule has 10 nitrogen and oxygen atoms in total. The first-order valence-electron chi connectivity index (χ1n) is 16.9. The van der Waals surface area contributed by atoms with E-state index in [1.807, 2.05) is 48.5 Å². The Labute approximate surface area is 286 Å². The van der Waals surface area contributed by atoms with Gasteiger partial charge in [0.05, 0.1) is 6.61 Å². The number of aromatic nitrogens is 2. The molecule has 10 heteroatoms. The molecule has 1 aliphatic heterocycles. The molecular formula is C39H43N3O7. The van der Waals surface area contributed by atoms with Gasteiger partial charge in [-0.1, -0.05) is 69.0 Å². The van der Waals surface area contributed by atoms with Gasteiger partial charge in [0.15, 0.2) is 23.1 Å². The zero-order valence-corrected chi connectivity index (χ0v) is 28.0. The molecule has 0 saturated carbocycles. The average Bonchev–Trinajstić information content (AvgIpc) is 3.13. The third-order valence-electron chi connectivity index (χ3n) is 8.45. The van der Waals surface area contributed by atoms with Gasteiger partial charge in [0.25, 0.3) is 0 Å². The van der Waals surface area contributed by atoms with E-state index in [1.54, 1.807) is 30.6 Å². The molecule has 1 amide bonds. The van der Waals surface area contributed by atoms with Crippen molar-refractivity contribution in [3.8, 4) is 39.8 Å². The molecule has 0 spiro atoms. The van der Waals surface area contributed by atoms with Gasteiger partial charge >= 0.3 is 5.97 Å². The van der Waals surface area contributed by atoms with Gasteiger partial charge in [-0.3, -0.25) is 14.4 Å². The second kappa shape index (κ2) is 17.2. The van der Waals surface area contributed by atoms with Crippen molar-refractivity contribution in [1.82, 2.24) is 15.3 Å². The summed E-state index contributed by atoms with van der Waals surface area (Å²) in [5.74, 6) is -0.279. The fourth-order valence-corrected chi connectivity index (χ4v) is 5.55. The van der Waals surface area contributed by atoms with Gasteiger partial charge in [-0.25, -0.2) is 9.97 Å². The van der Waals surface area contributed by atoms with Crippen LogP contribution in [0.1, 0.15) is 68.3 Å². The molecule has 49 heavy (non-hydrogen) atoms. The number of nitrogens with one attached hydrogen (secondary N) is 1. The number of benzene rings is 3. The smallest absolute Gasteiger partial charge is 0.325 e. The summed E-state index contributed by atoms with van der Waals surface area (Å²) in [6.07, 6.45) is 9.68. The van der Waals surface area contributed by atoms with Crippen molar-refractivity contribution in [1.29, 1.82) is 0 Å². The minimum absolute atomic E-state index is 0.115. The minimum atomic E-state index is -1.16. The molecule has 0 aliphatic carbocycles. The summed E-state index contributed by atoms with van der Waals surface area (Å²) in [7, 11) is 0. The van der Waals surface area contributed by atoms with Gasteiger partial charge in [-0.15, -0.1) is 0 Å². The summed E-state index contributed by atoms with van der Waals surface area (Å²) >= 11 is 0. The van der Waals surface area contributed by atoms with Gasteiger partial charge in [-0.05, 0) is 61.2 Å². The molecule has 0 saturated heterocycles. The van der Waals surface area contributed by atoms with Crippen LogP contribution in [0, 0.1) is 5.92 Å². The van der Waals surface area contributed by atoms with Crippen molar-refractivity contribution in [3.63, 3.8) is 0 Å². The number of rotatable bonds is 17. The fraction of sp³-hybridized carbons (Fsp3) is 0.359. The lowest BCUT2D eigenvalue weighted by atomic mass is 9.90. The number of Topliss-reactive ketones (excluding diaryl/α,β-unsaturated/α-hetero) is 1. The van der Waals surface area contributed by atoms with Crippen LogP contribution < -0.4 is 19.5 Å². The number of hydrogen-bond acceptors (Lipinski definition) is 8. The van der Waals surface area contributed by atoms with Crippen molar-refractivity contribution in [2.45, 2.75) is 64.8 Å². The molecule has 5 rings (SSSR count). The summed E-state index contributed by atoms with van der Waals surface area (Å²) in [6.45, 7) is 5.14. The number of ether oxygens (including phenoxy) is 3. The number of carbonyl (C=O) groups is 3. The van der Waals surface area contributed by atoms with E-state index in [1.165, 1.54) is 32.6 Å². The predicted molar refractivity (Wildman–Crippen MR) is 186 cm³/mol. The van der Waals surface area contributed by atoms with Crippen LogP contribution >= 0.6 is 0 Å². The number of carboxylic acids is 1. The molecule has 2 N–H and O–H groups in total. The van der Waals surface area contributed by atoms with Crippen molar-refractivity contribution in [3.05, 3.63) is 90.3 Å². The Morgan fingerprint density at radius 3 is 2.20 bits per heavy atom. The third-order valence-corrected chi connectivity index (χ3v) is 8.45. The Bertz CT molecular complexity index is 1710. The number of hydrogen-bond donors (Lipinski definition) is 2. The van der Waals surface area contributed by atoms with E-state index < -0.39 is 23.8 Å². The number of nitrogens with zero attached hydrogens (tertiary/aromatic N) is 2. The molecule has 1 aliphatic rings. The van der Waals surface area contributed by atoms with E-state index in [0.717, 1.165) is 41.0 Å². The molecule has 0 radical (unpaired) electrons. The van der Waals surface area contributed by atoms with Crippen LogP contribution in [0.15, 0.2) is 79.1 Å². The van der Waals surface area contributed by atoms with E-state index >= 15 is 0 Å². The average molecular weight is 666 g/mol. The van der Waals surface area contributed by atoms with E-state index in [9.17, 15) is 19.5 Å². The van der Waals surface area contributed by atoms with Gasteiger partial charge in [0.1, 0.15) is 25.0 Å². The SMILES string of the molecule is CCCCCCCOc1ccc(-c2cnc(-c3ccc(C[C@H](CC(=O)c4ccc5c(c4)OCCO5)C(=O)N[C@H](C)C(=O)O)cc3)nc2)cc1. The lowest BCUT2D eigenvalue weighted by Gasteiger charge is -2.20. The van der Waals surface area contributed by atoms with Gasteiger partial charge in [0.2, 0.25) is 5.91 Å². The molecule has 0 fully saturated rings. The minimum Gasteiger partial charge on any atom is -0.494 e. The Morgan fingerprint density at radius 2 is 1.51 bits per heavy atom. The number of carbonyl (C=O) groups excluding carboxylic acids is 2. The highest BCUT2D eigenvalue weighted by atomic mass is 16.6. The largest absolute Gasteiger partial charge is 0.494 e. The maximum atomic E-state index is 13.3. The van der Waals surface area contributed by atoms with Gasteiger partial charge < -0.3 is 24.6 Å². The molecule has 2 heterocycles. The molecule has 1 aromatic heterocycles. The van der Waals surface area contributed by atoms with E-state index in [0.29, 0.717) is 36.1 Å². The van der Waals surface area contributed by atoms with Crippen LogP contribution in [0.4, 0.5) is 0 Å². The standard InChI is InChI=1S/C39H43N3O7/c1-3-4-5-6-7-18-47-33-15-12-28(13-16-33)32-24-40-37(41-25-32)29-10-8-27(9-11-29)21-31(38(44)42-26(2)39(45)46)22-34(43)30-14-17-35-36(23-30)49-20-19-48-35/h8-17,23-26,31H,3-7,18-22H2,1-2H3,(H,42,44)(H,45,46)/t26-,31-/m1/s1. The number of amides is 1. The summed E-state index contributed by atoms with van der Waals surface area (Å²) in [5, 5.41) is 11.9. The predicted octanol–water partition coefficient (Wildman–Crippen LogP) is 6.95. The van der Waals surface area contributed by atoms with Crippen LogP contribution in [0.2, 0.25) is 0 Å². The molecule has 4 aromatic rings. The van der Waals surface area contributed by atoms with Crippen molar-refractivity contribution in [2.24, 2.45) is 5.92 Å². The monoisotopic (exact) mass is 665 g/mol. The van der Waals surface area contributed by atoms with Crippen LogP contribution in [0.3, 0.4) is 0 Å². The second-order valence-electron chi connectivity index (χ2n) is 12.2. The van der Waals surface area contributed by atoms with Crippen LogP contribution in [-0.4, -0.2) is 58.6 Å². The lowest BCUT2D eigenvalue weighted by Crippen LogP contribution is -2.42. The molecule has 0 unspecified atom stereocenters. The highest BCUT2D eigenvalue weighted by molar-refractivity contribution is 5.99. The topological polar surface area (TPSA) is 137 Å². The van der Waals surface area contributed by atoms with Crippen molar-refractivity contribution < 1.29 is 33.7 Å².